The fourth-order valence-electron chi connectivity index (χ4n) is 4.69. The highest BCUT2D eigenvalue weighted by molar-refractivity contribution is 6.00. The van der Waals surface area contributed by atoms with Crippen LogP contribution >= 0.6 is 0 Å². The summed E-state index contributed by atoms with van der Waals surface area (Å²) in [5, 5.41) is 10.4. The highest BCUT2D eigenvalue weighted by Crippen LogP contribution is 2.40. The lowest BCUT2D eigenvalue weighted by Gasteiger charge is -2.45. The van der Waals surface area contributed by atoms with Gasteiger partial charge in [0.2, 0.25) is 0 Å². The molecule has 2 bridgehead atoms. The van der Waals surface area contributed by atoms with E-state index in [1.165, 1.54) is 6.42 Å². The summed E-state index contributed by atoms with van der Waals surface area (Å²) in [5.41, 5.74) is 8.44. The number of aromatic amines is 1. The second-order valence-corrected chi connectivity index (χ2v) is 7.57. The van der Waals surface area contributed by atoms with Gasteiger partial charge in [-0.1, -0.05) is 6.42 Å². The van der Waals surface area contributed by atoms with Crippen molar-refractivity contribution in [2.24, 2.45) is 17.6 Å². The van der Waals surface area contributed by atoms with Gasteiger partial charge in [-0.2, -0.15) is 5.10 Å². The maximum absolute atomic E-state index is 13.0. The second kappa shape index (κ2) is 7.11. The third-order valence-electron chi connectivity index (χ3n) is 5.94. The molecule has 1 amide bonds. The minimum atomic E-state index is -0.0538. The first-order valence-electron chi connectivity index (χ1n) is 9.40. The predicted molar refractivity (Wildman–Crippen MR) is 99.9 cm³/mol. The number of H-pyrrole nitrogens is 1. The molecule has 2 aliphatic rings. The number of amides is 1. The van der Waals surface area contributed by atoms with Crippen molar-refractivity contribution in [1.29, 1.82) is 0 Å². The van der Waals surface area contributed by atoms with Crippen molar-refractivity contribution in [1.82, 2.24) is 15.5 Å². The number of fused-ring (bicyclic) bond motifs is 2. The average Bonchev–Trinajstić information content (AvgIpc) is 3.12. The molecule has 0 saturated heterocycles. The summed E-state index contributed by atoms with van der Waals surface area (Å²) in [6.07, 6.45) is 7.20. The van der Waals surface area contributed by atoms with E-state index in [-0.39, 0.29) is 18.0 Å². The molecule has 4 rings (SSSR count). The normalized spacial score (nSPS) is 27.8. The quantitative estimate of drug-likeness (QED) is 0.787. The molecule has 1 aromatic carbocycles. The molecule has 2 unspecified atom stereocenters. The summed E-state index contributed by atoms with van der Waals surface area (Å²) < 4.78 is 5.20. The smallest absolute Gasteiger partial charge is 0.255 e. The Hall–Kier alpha value is -2.34. The van der Waals surface area contributed by atoms with E-state index >= 15 is 0 Å². The topological polar surface area (TPSA) is 93.0 Å². The Morgan fingerprint density at radius 2 is 1.92 bits per heavy atom. The average molecular weight is 354 g/mol. The highest BCUT2D eigenvalue weighted by atomic mass is 16.5. The summed E-state index contributed by atoms with van der Waals surface area (Å²) in [6, 6.07) is 8.13. The fraction of sp³-hybridized carbons (Fsp3) is 0.500. The lowest BCUT2D eigenvalue weighted by molar-refractivity contribution is 0.0756. The third kappa shape index (κ3) is 3.21. The van der Waals surface area contributed by atoms with Crippen molar-refractivity contribution in [2.45, 2.75) is 44.2 Å². The fourth-order valence-corrected chi connectivity index (χ4v) is 4.69. The molecule has 6 nitrogen and oxygen atoms in total. The Kier molecular flexibility index (Phi) is 4.68. The molecule has 0 spiro atoms. The first-order chi connectivity index (χ1) is 12.7. The summed E-state index contributed by atoms with van der Waals surface area (Å²) in [7, 11) is 1.64. The molecule has 0 aliphatic heterocycles. The zero-order chi connectivity index (χ0) is 18.1. The van der Waals surface area contributed by atoms with Crippen molar-refractivity contribution in [3.8, 4) is 17.0 Å². The Balaban J connectivity index is 1.53. The van der Waals surface area contributed by atoms with Gasteiger partial charge in [0.05, 0.1) is 24.6 Å². The van der Waals surface area contributed by atoms with Crippen LogP contribution in [0.5, 0.6) is 5.75 Å². The van der Waals surface area contributed by atoms with E-state index in [0.29, 0.717) is 17.4 Å². The maximum Gasteiger partial charge on any atom is 0.255 e. The SMILES string of the molecule is COc1ccc(-c2[nH]ncc2C(=O)NC2C3CCCC2CC(N)C3)cc1. The lowest BCUT2D eigenvalue weighted by atomic mass is 9.67. The van der Waals surface area contributed by atoms with Gasteiger partial charge in [-0.15, -0.1) is 0 Å². The molecular formula is C20H26N4O2. The van der Waals surface area contributed by atoms with Crippen molar-refractivity contribution in [3.05, 3.63) is 36.0 Å². The van der Waals surface area contributed by atoms with Crippen LogP contribution in [-0.4, -0.2) is 35.3 Å². The number of aromatic nitrogens is 2. The van der Waals surface area contributed by atoms with Crippen LogP contribution in [0, 0.1) is 11.8 Å². The second-order valence-electron chi connectivity index (χ2n) is 7.57. The third-order valence-corrected chi connectivity index (χ3v) is 5.94. The van der Waals surface area contributed by atoms with Gasteiger partial charge in [0.25, 0.3) is 5.91 Å². The minimum absolute atomic E-state index is 0.0538. The van der Waals surface area contributed by atoms with Crippen LogP contribution in [-0.2, 0) is 0 Å². The zero-order valence-corrected chi connectivity index (χ0v) is 15.1. The van der Waals surface area contributed by atoms with E-state index in [9.17, 15) is 4.79 Å². The Bertz CT molecular complexity index is 756. The molecule has 2 atom stereocenters. The number of hydrogen-bond acceptors (Lipinski definition) is 4. The molecule has 138 valence electrons. The number of nitrogens with zero attached hydrogens (tertiary/aromatic N) is 1. The van der Waals surface area contributed by atoms with E-state index < -0.39 is 0 Å². The number of carbonyl (C=O) groups is 1. The van der Waals surface area contributed by atoms with E-state index in [2.05, 4.69) is 15.5 Å². The minimum Gasteiger partial charge on any atom is -0.497 e. The van der Waals surface area contributed by atoms with Crippen LogP contribution in [0.2, 0.25) is 0 Å². The van der Waals surface area contributed by atoms with Crippen LogP contribution in [0.3, 0.4) is 0 Å². The lowest BCUT2D eigenvalue weighted by Crippen LogP contribution is -2.53. The van der Waals surface area contributed by atoms with Gasteiger partial charge in [-0.25, -0.2) is 0 Å². The summed E-state index contributed by atoms with van der Waals surface area (Å²) >= 11 is 0. The number of rotatable bonds is 4. The molecular weight excluding hydrogens is 328 g/mol. The molecule has 4 N–H and O–H groups in total. The molecule has 1 aromatic heterocycles. The molecule has 2 saturated carbocycles. The van der Waals surface area contributed by atoms with E-state index in [1.54, 1.807) is 13.3 Å². The number of ether oxygens (including phenoxy) is 1. The number of nitrogens with two attached hydrogens (primary N) is 1. The summed E-state index contributed by atoms with van der Waals surface area (Å²) in [4.78, 5) is 13.0. The maximum atomic E-state index is 13.0. The van der Waals surface area contributed by atoms with Crippen LogP contribution in [0.1, 0.15) is 42.5 Å². The van der Waals surface area contributed by atoms with E-state index in [0.717, 1.165) is 42.7 Å². The molecule has 2 aromatic rings. The van der Waals surface area contributed by atoms with Crippen molar-refractivity contribution >= 4 is 5.91 Å². The number of carbonyl (C=O) groups excluding carboxylic acids is 1. The van der Waals surface area contributed by atoms with Gasteiger partial charge in [-0.05, 0) is 61.8 Å². The van der Waals surface area contributed by atoms with Gasteiger partial charge in [-0.3, -0.25) is 9.89 Å². The molecule has 6 heteroatoms. The van der Waals surface area contributed by atoms with Gasteiger partial charge in [0.1, 0.15) is 5.75 Å². The molecule has 1 heterocycles. The number of benzene rings is 1. The van der Waals surface area contributed by atoms with Crippen LogP contribution in [0.15, 0.2) is 30.5 Å². The number of methoxy groups -OCH3 is 1. The Morgan fingerprint density at radius 3 is 2.58 bits per heavy atom. The molecule has 2 aliphatic carbocycles. The number of hydrogen-bond donors (Lipinski definition) is 3. The molecule has 26 heavy (non-hydrogen) atoms. The van der Waals surface area contributed by atoms with Crippen molar-refractivity contribution in [3.63, 3.8) is 0 Å². The predicted octanol–water partition coefficient (Wildman–Crippen LogP) is 2.72. The van der Waals surface area contributed by atoms with Gasteiger partial charge in [0.15, 0.2) is 0 Å². The standard InChI is InChI=1S/C20H26N4O2/c1-26-16-7-5-12(6-8-16)19-17(11-22-24-19)20(25)23-18-13-3-2-4-14(18)10-15(21)9-13/h5-8,11,13-15,18H,2-4,9-10,21H2,1H3,(H,22,24)(H,23,25). The van der Waals surface area contributed by atoms with Gasteiger partial charge < -0.3 is 15.8 Å². The van der Waals surface area contributed by atoms with Gasteiger partial charge in [0, 0.05) is 17.6 Å². The van der Waals surface area contributed by atoms with Crippen LogP contribution < -0.4 is 15.8 Å². The summed E-state index contributed by atoms with van der Waals surface area (Å²) in [6.45, 7) is 0. The summed E-state index contributed by atoms with van der Waals surface area (Å²) in [5.74, 6) is 1.73. The molecule has 0 radical (unpaired) electrons. The first kappa shape index (κ1) is 17.1. The van der Waals surface area contributed by atoms with Gasteiger partial charge >= 0.3 is 0 Å². The monoisotopic (exact) mass is 354 g/mol. The molecule has 2 fully saturated rings. The van der Waals surface area contributed by atoms with E-state index in [1.807, 2.05) is 24.3 Å². The first-order valence-corrected chi connectivity index (χ1v) is 9.40. The van der Waals surface area contributed by atoms with Crippen LogP contribution in [0.25, 0.3) is 11.3 Å². The zero-order valence-electron chi connectivity index (χ0n) is 15.1. The number of nitrogens with one attached hydrogen (secondary N) is 2. The van der Waals surface area contributed by atoms with Crippen molar-refractivity contribution in [2.75, 3.05) is 7.11 Å². The van der Waals surface area contributed by atoms with Crippen molar-refractivity contribution < 1.29 is 9.53 Å². The highest BCUT2D eigenvalue weighted by Gasteiger charge is 2.40. The van der Waals surface area contributed by atoms with Crippen LogP contribution in [0.4, 0.5) is 0 Å². The Morgan fingerprint density at radius 1 is 1.23 bits per heavy atom. The largest absolute Gasteiger partial charge is 0.497 e. The van der Waals surface area contributed by atoms with E-state index in [4.69, 9.17) is 10.5 Å². The Labute approximate surface area is 153 Å².